The summed E-state index contributed by atoms with van der Waals surface area (Å²) in [6.07, 6.45) is 3.01. The maximum atomic E-state index is 14.9. The number of rotatable bonds is 3. The third-order valence-corrected chi connectivity index (χ3v) is 8.48. The fraction of sp³-hybridized carbons (Fsp3) is 0.273. The molecule has 3 N–H and O–H groups in total. The Morgan fingerprint density at radius 3 is 2.62 bits per heavy atom. The molecule has 0 spiro atoms. The van der Waals surface area contributed by atoms with Crippen molar-refractivity contribution in [1.82, 2.24) is 9.97 Å². The van der Waals surface area contributed by atoms with Crippen molar-refractivity contribution in [3.8, 4) is 6.07 Å². The second kappa shape index (κ2) is 7.24. The van der Waals surface area contributed by atoms with E-state index in [1.165, 1.54) is 38.2 Å². The molecule has 0 fully saturated rings. The van der Waals surface area contributed by atoms with E-state index in [1.807, 2.05) is 6.07 Å². The molecule has 0 saturated heterocycles. The number of benzene rings is 1. The predicted molar refractivity (Wildman–Crippen MR) is 121 cm³/mol. The highest BCUT2D eigenvalue weighted by atomic mass is 32.2. The number of hydrogen-bond acceptors (Lipinski definition) is 8. The molecule has 1 aliphatic heterocycles. The van der Waals surface area contributed by atoms with Crippen LogP contribution in [-0.2, 0) is 15.4 Å². The van der Waals surface area contributed by atoms with Crippen molar-refractivity contribution >= 4 is 38.1 Å². The summed E-state index contributed by atoms with van der Waals surface area (Å²) in [4.78, 5) is 13.0. The van der Waals surface area contributed by atoms with Gasteiger partial charge >= 0.3 is 0 Å². The van der Waals surface area contributed by atoms with Crippen LogP contribution in [0.15, 0.2) is 47.7 Å². The van der Waals surface area contributed by atoms with Crippen LogP contribution in [0.3, 0.4) is 0 Å². The maximum absolute atomic E-state index is 14.9. The summed E-state index contributed by atoms with van der Waals surface area (Å²) in [5.41, 5.74) is 6.14. The van der Waals surface area contributed by atoms with Crippen LogP contribution in [-0.4, -0.2) is 34.7 Å². The van der Waals surface area contributed by atoms with E-state index in [0.29, 0.717) is 28.0 Å². The molecule has 3 heterocycles. The maximum Gasteiger partial charge on any atom is 0.165 e. The van der Waals surface area contributed by atoms with Crippen molar-refractivity contribution < 1.29 is 12.8 Å². The fourth-order valence-corrected chi connectivity index (χ4v) is 5.33. The van der Waals surface area contributed by atoms with Crippen LogP contribution in [0.25, 0.3) is 10.9 Å². The van der Waals surface area contributed by atoms with E-state index in [1.54, 1.807) is 25.3 Å². The van der Waals surface area contributed by atoms with Crippen LogP contribution in [0.1, 0.15) is 31.9 Å². The van der Waals surface area contributed by atoms with Gasteiger partial charge in [-0.3, -0.25) is 9.98 Å². The van der Waals surface area contributed by atoms with E-state index in [2.05, 4.69) is 20.3 Å². The number of hydrogen-bond donors (Lipinski definition) is 2. The number of pyridine rings is 2. The van der Waals surface area contributed by atoms with Gasteiger partial charge in [0.2, 0.25) is 0 Å². The minimum atomic E-state index is -3.68. The van der Waals surface area contributed by atoms with Gasteiger partial charge in [0.25, 0.3) is 0 Å². The number of halogens is 1. The first kappa shape index (κ1) is 21.6. The van der Waals surface area contributed by atoms with Gasteiger partial charge < -0.3 is 11.1 Å². The smallest absolute Gasteiger partial charge is 0.165 e. The van der Waals surface area contributed by atoms with Gasteiger partial charge in [-0.25, -0.2) is 17.8 Å². The Balaban J connectivity index is 1.78. The van der Waals surface area contributed by atoms with E-state index in [4.69, 9.17) is 11.0 Å². The van der Waals surface area contributed by atoms with Gasteiger partial charge in [-0.15, -0.1) is 0 Å². The summed E-state index contributed by atoms with van der Waals surface area (Å²) in [6, 6.07) is 9.73. The lowest BCUT2D eigenvalue weighted by molar-refractivity contribution is 0.476. The zero-order valence-electron chi connectivity index (χ0n) is 17.7. The molecule has 0 unspecified atom stereocenters. The minimum absolute atomic E-state index is 0.0581. The van der Waals surface area contributed by atoms with Gasteiger partial charge in [0.05, 0.1) is 11.3 Å². The molecule has 3 aromatic rings. The van der Waals surface area contributed by atoms with Gasteiger partial charge in [0.15, 0.2) is 15.7 Å². The standard InChI is InChI=1S/C22H21FN6O2S/c1-21(2)20(25)29-22(3,12-32(21,30)31)16-9-15(4-5-17(16)23)28-19-18-14(6-7-26-19)8-13(10-24)11-27-18/h4-9,11H,12H2,1-3H3,(H2,25,29)(H,26,28)/t22-/m0/s1. The highest BCUT2D eigenvalue weighted by molar-refractivity contribution is 7.93. The van der Waals surface area contributed by atoms with Crippen molar-refractivity contribution in [2.45, 2.75) is 31.1 Å². The Kier molecular flexibility index (Phi) is 4.90. The average molecular weight is 453 g/mol. The van der Waals surface area contributed by atoms with Crippen LogP contribution in [0.5, 0.6) is 0 Å². The first-order valence-electron chi connectivity index (χ1n) is 9.77. The lowest BCUT2D eigenvalue weighted by Gasteiger charge is -2.38. The first-order valence-corrected chi connectivity index (χ1v) is 11.4. The summed E-state index contributed by atoms with van der Waals surface area (Å²) >= 11 is 0. The Bertz CT molecular complexity index is 1430. The van der Waals surface area contributed by atoms with Crippen LogP contribution in [0.2, 0.25) is 0 Å². The number of anilines is 2. The molecule has 8 nitrogen and oxygen atoms in total. The van der Waals surface area contributed by atoms with Crippen molar-refractivity contribution in [2.75, 3.05) is 11.1 Å². The number of fused-ring (bicyclic) bond motifs is 1. The monoisotopic (exact) mass is 452 g/mol. The summed E-state index contributed by atoms with van der Waals surface area (Å²) in [5.74, 6) is -0.612. The summed E-state index contributed by atoms with van der Waals surface area (Å²) in [7, 11) is -3.68. The molecule has 10 heteroatoms. The number of nitrogens with two attached hydrogens (primary N) is 1. The topological polar surface area (TPSA) is 134 Å². The molecule has 0 saturated carbocycles. The number of nitrogens with zero attached hydrogens (tertiary/aromatic N) is 4. The number of nitrogens with one attached hydrogen (secondary N) is 1. The second-order valence-electron chi connectivity index (χ2n) is 8.43. The Morgan fingerprint density at radius 1 is 1.19 bits per heavy atom. The molecule has 0 amide bonds. The van der Waals surface area contributed by atoms with E-state index in [0.717, 1.165) is 0 Å². The molecule has 32 heavy (non-hydrogen) atoms. The summed E-state index contributed by atoms with van der Waals surface area (Å²) in [5, 5.41) is 12.9. The highest BCUT2D eigenvalue weighted by Crippen LogP contribution is 2.39. The van der Waals surface area contributed by atoms with Crippen LogP contribution in [0, 0.1) is 17.1 Å². The lowest BCUT2D eigenvalue weighted by Crippen LogP contribution is -2.54. The molecule has 0 bridgehead atoms. The summed E-state index contributed by atoms with van der Waals surface area (Å²) in [6.45, 7) is 4.54. The molecule has 4 rings (SSSR count). The van der Waals surface area contributed by atoms with Gasteiger partial charge in [0.1, 0.15) is 33.5 Å². The third-order valence-electron chi connectivity index (χ3n) is 5.77. The SMILES string of the molecule is CC1(C)C(N)=N[C@](C)(c2cc(Nc3nccc4cc(C#N)cnc34)ccc2F)CS1(=O)=O. The molecular formula is C22H21FN6O2S. The van der Waals surface area contributed by atoms with Crippen molar-refractivity contribution in [3.05, 3.63) is 59.7 Å². The zero-order valence-corrected chi connectivity index (χ0v) is 18.5. The van der Waals surface area contributed by atoms with Gasteiger partial charge in [0, 0.05) is 29.0 Å². The van der Waals surface area contributed by atoms with Crippen molar-refractivity contribution in [2.24, 2.45) is 10.7 Å². The largest absolute Gasteiger partial charge is 0.386 e. The Labute approximate surface area is 184 Å². The normalized spacial score (nSPS) is 21.5. The second-order valence-corrected chi connectivity index (χ2v) is 11.0. The number of amidine groups is 1. The third kappa shape index (κ3) is 3.44. The lowest BCUT2D eigenvalue weighted by atomic mass is 9.92. The van der Waals surface area contributed by atoms with Gasteiger partial charge in [-0.1, -0.05) is 0 Å². The quantitative estimate of drug-likeness (QED) is 0.623. The van der Waals surface area contributed by atoms with Crippen molar-refractivity contribution in [3.63, 3.8) is 0 Å². The fourth-order valence-electron chi connectivity index (χ4n) is 3.65. The van der Waals surface area contributed by atoms with Gasteiger partial charge in [-0.2, -0.15) is 5.26 Å². The van der Waals surface area contributed by atoms with Gasteiger partial charge in [-0.05, 0) is 51.1 Å². The Hall–Kier alpha value is -3.58. The molecule has 2 aromatic heterocycles. The van der Waals surface area contributed by atoms with Crippen LogP contribution >= 0.6 is 0 Å². The van der Waals surface area contributed by atoms with E-state index < -0.39 is 25.9 Å². The predicted octanol–water partition coefficient (Wildman–Crippen LogP) is 3.16. The van der Waals surface area contributed by atoms with E-state index >= 15 is 0 Å². The highest BCUT2D eigenvalue weighted by Gasteiger charge is 2.49. The summed E-state index contributed by atoms with van der Waals surface area (Å²) < 4.78 is 39.2. The van der Waals surface area contributed by atoms with Crippen LogP contribution in [0.4, 0.5) is 15.9 Å². The first-order chi connectivity index (χ1) is 15.0. The number of aromatic nitrogens is 2. The number of sulfone groups is 1. The number of aliphatic imine (C=N–C) groups is 1. The van der Waals surface area contributed by atoms with Crippen molar-refractivity contribution in [1.29, 1.82) is 5.26 Å². The zero-order chi connectivity index (χ0) is 23.3. The average Bonchev–Trinajstić information content (AvgIpc) is 2.73. The molecular weight excluding hydrogens is 431 g/mol. The molecule has 1 atom stereocenters. The molecule has 164 valence electrons. The molecule has 0 radical (unpaired) electrons. The number of nitriles is 1. The minimum Gasteiger partial charge on any atom is -0.386 e. The van der Waals surface area contributed by atoms with E-state index in [9.17, 15) is 12.8 Å². The van der Waals surface area contributed by atoms with Crippen LogP contribution < -0.4 is 11.1 Å². The molecule has 1 aliphatic rings. The Morgan fingerprint density at radius 2 is 1.94 bits per heavy atom. The van der Waals surface area contributed by atoms with E-state index in [-0.39, 0.29) is 17.2 Å². The molecule has 0 aliphatic carbocycles. The molecule has 1 aromatic carbocycles.